The van der Waals surface area contributed by atoms with E-state index < -0.39 is 11.2 Å². The Hall–Kier alpha value is -1.41. The van der Waals surface area contributed by atoms with Crippen molar-refractivity contribution in [3.63, 3.8) is 0 Å². The minimum atomic E-state index is -0.590. The molecule has 0 saturated carbocycles. The topological polar surface area (TPSA) is 101 Å². The van der Waals surface area contributed by atoms with E-state index >= 15 is 0 Å². The first kappa shape index (κ1) is 15.0. The number of carbonyl (C=O) groups is 1. The third kappa shape index (κ3) is 3.18. The Morgan fingerprint density at radius 3 is 2.90 bits per heavy atom. The summed E-state index contributed by atoms with van der Waals surface area (Å²) in [5.41, 5.74) is 4.59. The molecule has 1 aliphatic rings. The zero-order valence-corrected chi connectivity index (χ0v) is 12.6. The van der Waals surface area contributed by atoms with Crippen molar-refractivity contribution in [2.24, 2.45) is 5.73 Å². The molecule has 1 aromatic heterocycles. The van der Waals surface area contributed by atoms with Crippen LogP contribution in [0.3, 0.4) is 0 Å². The fourth-order valence-corrected chi connectivity index (χ4v) is 2.76. The van der Waals surface area contributed by atoms with Crippen LogP contribution in [0.1, 0.15) is 19.3 Å². The van der Waals surface area contributed by atoms with Crippen molar-refractivity contribution in [1.82, 2.24) is 14.5 Å². The summed E-state index contributed by atoms with van der Waals surface area (Å²) in [4.78, 5) is 39.1. The zero-order valence-electron chi connectivity index (χ0n) is 11.0. The molecule has 1 aliphatic heterocycles. The van der Waals surface area contributed by atoms with Crippen molar-refractivity contribution < 1.29 is 4.79 Å². The molecule has 1 unspecified atom stereocenters. The van der Waals surface area contributed by atoms with E-state index in [2.05, 4.69) is 20.9 Å². The lowest BCUT2D eigenvalue weighted by Crippen LogP contribution is -2.49. The Labute approximate surface area is 123 Å². The van der Waals surface area contributed by atoms with Crippen molar-refractivity contribution in [2.45, 2.75) is 31.8 Å². The first-order valence-corrected chi connectivity index (χ1v) is 7.31. The van der Waals surface area contributed by atoms with Crippen molar-refractivity contribution >= 4 is 21.8 Å². The number of rotatable bonds is 3. The van der Waals surface area contributed by atoms with E-state index in [1.807, 2.05) is 0 Å². The van der Waals surface area contributed by atoms with E-state index in [0.29, 0.717) is 13.1 Å². The van der Waals surface area contributed by atoms with Gasteiger partial charge in [-0.1, -0.05) is 0 Å². The number of likely N-dealkylation sites (tertiary alicyclic amines) is 1. The van der Waals surface area contributed by atoms with E-state index in [1.165, 1.54) is 10.8 Å². The molecule has 0 radical (unpaired) electrons. The molecule has 0 spiro atoms. The molecule has 7 nitrogen and oxygen atoms in total. The number of halogens is 1. The molecule has 0 aromatic carbocycles. The van der Waals surface area contributed by atoms with Crippen molar-refractivity contribution in [1.29, 1.82) is 0 Å². The summed E-state index contributed by atoms with van der Waals surface area (Å²) in [5, 5.41) is 0. The van der Waals surface area contributed by atoms with Crippen LogP contribution in [0.2, 0.25) is 0 Å². The quantitative estimate of drug-likeness (QED) is 0.781. The van der Waals surface area contributed by atoms with Crippen LogP contribution in [0.25, 0.3) is 0 Å². The second-order valence-corrected chi connectivity index (χ2v) is 5.69. The molecule has 110 valence electrons. The second kappa shape index (κ2) is 6.36. The molecular formula is C12H17BrN4O3. The molecule has 2 heterocycles. The van der Waals surface area contributed by atoms with E-state index in [4.69, 9.17) is 5.73 Å². The Kier molecular flexibility index (Phi) is 4.77. The summed E-state index contributed by atoms with van der Waals surface area (Å²) in [7, 11) is 0. The lowest BCUT2D eigenvalue weighted by atomic mass is 10.0. The highest BCUT2D eigenvalue weighted by atomic mass is 79.9. The minimum absolute atomic E-state index is 0.0400. The minimum Gasteiger partial charge on any atom is -0.337 e. The Balaban J connectivity index is 2.17. The van der Waals surface area contributed by atoms with Gasteiger partial charge in [-0.25, -0.2) is 4.79 Å². The van der Waals surface area contributed by atoms with Crippen LogP contribution in [0.5, 0.6) is 0 Å². The fourth-order valence-electron chi connectivity index (χ4n) is 2.41. The fraction of sp³-hybridized carbons (Fsp3) is 0.583. The van der Waals surface area contributed by atoms with Gasteiger partial charge in [0.15, 0.2) is 0 Å². The maximum absolute atomic E-state index is 12.3. The summed E-state index contributed by atoms with van der Waals surface area (Å²) in [6, 6.07) is 0.0400. The highest BCUT2D eigenvalue weighted by Gasteiger charge is 2.25. The molecular weight excluding hydrogens is 328 g/mol. The van der Waals surface area contributed by atoms with E-state index in [0.717, 1.165) is 19.3 Å². The molecule has 1 fully saturated rings. The first-order valence-electron chi connectivity index (χ1n) is 6.51. The van der Waals surface area contributed by atoms with Crippen molar-refractivity contribution in [3.05, 3.63) is 31.5 Å². The molecule has 0 bridgehead atoms. The predicted octanol–water partition coefficient (Wildman–Crippen LogP) is -0.361. The number of hydrogen-bond donors (Lipinski definition) is 2. The molecule has 3 N–H and O–H groups in total. The van der Waals surface area contributed by atoms with Crippen LogP contribution in [-0.4, -0.2) is 39.5 Å². The lowest BCUT2D eigenvalue weighted by Gasteiger charge is -2.35. The number of nitrogens with two attached hydrogens (primary N) is 1. The SMILES string of the molecule is NCC1CCCCN1C(=O)Cn1cc(Br)c(=O)[nH]c1=O. The van der Waals surface area contributed by atoms with Crippen LogP contribution in [0.15, 0.2) is 20.3 Å². The summed E-state index contributed by atoms with van der Waals surface area (Å²) in [5.74, 6) is -0.152. The van der Waals surface area contributed by atoms with Crippen LogP contribution in [0.4, 0.5) is 0 Å². The molecule has 2 rings (SSSR count). The predicted molar refractivity (Wildman–Crippen MR) is 77.4 cm³/mol. The number of nitrogens with zero attached hydrogens (tertiary/aromatic N) is 2. The summed E-state index contributed by atoms with van der Waals surface area (Å²) >= 11 is 3.04. The van der Waals surface area contributed by atoms with Gasteiger partial charge in [-0.15, -0.1) is 0 Å². The molecule has 8 heteroatoms. The van der Waals surface area contributed by atoms with Crippen LogP contribution >= 0.6 is 15.9 Å². The number of amides is 1. The van der Waals surface area contributed by atoms with Gasteiger partial charge in [0.2, 0.25) is 5.91 Å². The van der Waals surface area contributed by atoms with Gasteiger partial charge in [-0.05, 0) is 35.2 Å². The number of H-pyrrole nitrogens is 1. The molecule has 1 atom stereocenters. The first-order chi connectivity index (χ1) is 9.52. The Bertz CT molecular complexity index is 609. The molecule has 20 heavy (non-hydrogen) atoms. The summed E-state index contributed by atoms with van der Waals surface area (Å²) in [6.07, 6.45) is 4.25. The number of aromatic nitrogens is 2. The average molecular weight is 345 g/mol. The Morgan fingerprint density at radius 1 is 1.45 bits per heavy atom. The normalized spacial score (nSPS) is 19.1. The van der Waals surface area contributed by atoms with E-state index in [-0.39, 0.29) is 23.0 Å². The van der Waals surface area contributed by atoms with Gasteiger partial charge in [0.25, 0.3) is 5.56 Å². The van der Waals surface area contributed by atoms with Gasteiger partial charge < -0.3 is 10.6 Å². The number of piperidine rings is 1. The Morgan fingerprint density at radius 2 is 2.20 bits per heavy atom. The van der Waals surface area contributed by atoms with Gasteiger partial charge in [0, 0.05) is 25.3 Å². The molecule has 0 aliphatic carbocycles. The number of aromatic amines is 1. The molecule has 1 saturated heterocycles. The standard InChI is InChI=1S/C12H17BrN4O3/c13-9-6-16(12(20)15-11(9)19)7-10(18)17-4-2-1-3-8(17)5-14/h6,8H,1-5,7,14H2,(H,15,19,20). The number of hydrogen-bond acceptors (Lipinski definition) is 4. The highest BCUT2D eigenvalue weighted by molar-refractivity contribution is 9.10. The van der Waals surface area contributed by atoms with E-state index in [1.54, 1.807) is 4.90 Å². The summed E-state index contributed by atoms with van der Waals surface area (Å²) < 4.78 is 1.41. The second-order valence-electron chi connectivity index (χ2n) is 4.84. The number of carbonyl (C=O) groups excluding carboxylic acids is 1. The van der Waals surface area contributed by atoms with Crippen LogP contribution < -0.4 is 17.0 Å². The van der Waals surface area contributed by atoms with Gasteiger partial charge >= 0.3 is 5.69 Å². The van der Waals surface area contributed by atoms with Gasteiger partial charge in [-0.2, -0.15) is 0 Å². The van der Waals surface area contributed by atoms with Crippen molar-refractivity contribution in [2.75, 3.05) is 13.1 Å². The third-order valence-electron chi connectivity index (χ3n) is 3.49. The van der Waals surface area contributed by atoms with Gasteiger partial charge in [0.05, 0.1) is 4.47 Å². The smallest absolute Gasteiger partial charge is 0.328 e. The third-order valence-corrected chi connectivity index (χ3v) is 4.06. The van der Waals surface area contributed by atoms with Crippen LogP contribution in [0, 0.1) is 0 Å². The monoisotopic (exact) mass is 344 g/mol. The molecule has 1 amide bonds. The average Bonchev–Trinajstić information content (AvgIpc) is 2.44. The van der Waals surface area contributed by atoms with E-state index in [9.17, 15) is 14.4 Å². The largest absolute Gasteiger partial charge is 0.337 e. The van der Waals surface area contributed by atoms with Crippen molar-refractivity contribution in [3.8, 4) is 0 Å². The maximum Gasteiger partial charge on any atom is 0.328 e. The maximum atomic E-state index is 12.3. The lowest BCUT2D eigenvalue weighted by molar-refractivity contribution is -0.135. The van der Waals surface area contributed by atoms with Gasteiger partial charge in [-0.3, -0.25) is 19.1 Å². The van der Waals surface area contributed by atoms with Gasteiger partial charge in [0.1, 0.15) is 6.54 Å². The van der Waals surface area contributed by atoms with Crippen LogP contribution in [-0.2, 0) is 11.3 Å². The zero-order chi connectivity index (χ0) is 14.7. The molecule has 1 aromatic rings. The summed E-state index contributed by atoms with van der Waals surface area (Å²) in [6.45, 7) is 1.00. The highest BCUT2D eigenvalue weighted by Crippen LogP contribution is 2.16. The number of nitrogens with one attached hydrogen (secondary N) is 1.